The maximum absolute atomic E-state index is 5.05. The van der Waals surface area contributed by atoms with Crippen LogP contribution in [0.15, 0.2) is 16.8 Å². The molecule has 3 N–H and O–H groups in total. The molecular weight excluding hydrogens is 108 g/mol. The number of anilines is 1. The average molecular weight is 114 g/mol. The molecule has 0 spiro atoms. The van der Waals surface area contributed by atoms with Crippen molar-refractivity contribution in [2.75, 3.05) is 5.43 Å². The van der Waals surface area contributed by atoms with Crippen molar-refractivity contribution in [3.05, 3.63) is 16.8 Å². The first-order chi connectivity index (χ1) is 3.43. The molecule has 0 atom stereocenters. The number of hydrazine groups is 1. The quantitative estimate of drug-likeness (QED) is 0.423. The summed E-state index contributed by atoms with van der Waals surface area (Å²) in [7, 11) is 0. The van der Waals surface area contributed by atoms with Crippen LogP contribution in [0.4, 0.5) is 5.69 Å². The Hall–Kier alpha value is -0.540. The fourth-order valence-corrected chi connectivity index (χ4v) is 0.944. The van der Waals surface area contributed by atoms with Crippen LogP contribution in [0, 0.1) is 0 Å². The molecule has 3 heteroatoms. The van der Waals surface area contributed by atoms with Gasteiger partial charge >= 0.3 is 0 Å². The number of hydrogen-bond donors (Lipinski definition) is 2. The molecule has 2 nitrogen and oxygen atoms in total. The van der Waals surface area contributed by atoms with Gasteiger partial charge in [0.1, 0.15) is 0 Å². The molecule has 1 rings (SSSR count). The fraction of sp³-hybridized carbons (Fsp3) is 0. The molecular formula is C4H6N2S. The van der Waals surface area contributed by atoms with E-state index in [1.807, 2.05) is 16.8 Å². The molecule has 0 unspecified atom stereocenters. The second-order valence-electron chi connectivity index (χ2n) is 1.16. The minimum absolute atomic E-state index is 0.977. The maximum Gasteiger partial charge on any atom is 0.0591 e. The van der Waals surface area contributed by atoms with E-state index in [1.165, 1.54) is 0 Å². The summed E-state index contributed by atoms with van der Waals surface area (Å²) >= 11 is 1.62. The third-order valence-corrected chi connectivity index (χ3v) is 1.37. The number of nitrogen functional groups attached to an aromatic ring is 1. The molecule has 1 heterocycles. The maximum atomic E-state index is 5.05. The normalized spacial score (nSPS) is 8.71. The highest BCUT2D eigenvalue weighted by Gasteiger charge is 1.80. The van der Waals surface area contributed by atoms with Gasteiger partial charge < -0.3 is 5.43 Å². The van der Waals surface area contributed by atoms with E-state index in [1.54, 1.807) is 11.3 Å². The Morgan fingerprint density at radius 3 is 2.86 bits per heavy atom. The van der Waals surface area contributed by atoms with Crippen LogP contribution in [0.25, 0.3) is 0 Å². The van der Waals surface area contributed by atoms with Gasteiger partial charge in [-0.3, -0.25) is 5.84 Å². The summed E-state index contributed by atoms with van der Waals surface area (Å²) in [5.74, 6) is 5.05. The van der Waals surface area contributed by atoms with Crippen molar-refractivity contribution in [1.29, 1.82) is 0 Å². The van der Waals surface area contributed by atoms with Crippen molar-refractivity contribution < 1.29 is 0 Å². The Morgan fingerprint density at radius 2 is 2.57 bits per heavy atom. The van der Waals surface area contributed by atoms with Crippen LogP contribution in [0.3, 0.4) is 0 Å². The van der Waals surface area contributed by atoms with Crippen LogP contribution in [0.5, 0.6) is 0 Å². The predicted octanol–water partition coefficient (Wildman–Crippen LogP) is 1.03. The standard InChI is InChI=1S/C4H6N2S/c5-6-4-1-2-7-3-4/h1-3,6H,5H2. The molecule has 0 aromatic carbocycles. The van der Waals surface area contributed by atoms with Gasteiger partial charge in [-0.1, -0.05) is 0 Å². The van der Waals surface area contributed by atoms with Gasteiger partial charge in [-0.15, -0.1) is 0 Å². The van der Waals surface area contributed by atoms with E-state index in [4.69, 9.17) is 5.84 Å². The molecule has 0 fully saturated rings. The minimum atomic E-state index is 0.977. The van der Waals surface area contributed by atoms with Crippen molar-refractivity contribution in [3.63, 3.8) is 0 Å². The highest BCUT2D eigenvalue weighted by molar-refractivity contribution is 7.08. The summed E-state index contributed by atoms with van der Waals surface area (Å²) < 4.78 is 0. The Kier molecular flexibility index (Phi) is 1.29. The number of nitrogens with one attached hydrogen (secondary N) is 1. The highest BCUT2D eigenvalue weighted by atomic mass is 32.1. The minimum Gasteiger partial charge on any atom is -0.323 e. The van der Waals surface area contributed by atoms with Gasteiger partial charge in [0.25, 0.3) is 0 Å². The SMILES string of the molecule is NNc1ccsc1. The van der Waals surface area contributed by atoms with Crippen molar-refractivity contribution >= 4 is 17.0 Å². The first kappa shape index (κ1) is 4.61. The van der Waals surface area contributed by atoms with E-state index in [0.29, 0.717) is 0 Å². The fourth-order valence-electron chi connectivity index (χ4n) is 0.347. The summed E-state index contributed by atoms with van der Waals surface area (Å²) in [6, 6.07) is 1.92. The zero-order valence-corrected chi connectivity index (χ0v) is 4.53. The Labute approximate surface area is 45.9 Å². The average Bonchev–Trinajstić information content (AvgIpc) is 2.14. The zero-order chi connectivity index (χ0) is 5.11. The second-order valence-corrected chi connectivity index (χ2v) is 1.94. The molecule has 1 aromatic rings. The first-order valence-corrected chi connectivity index (χ1v) is 2.86. The lowest BCUT2D eigenvalue weighted by Crippen LogP contribution is -2.04. The Balaban J connectivity index is 2.76. The van der Waals surface area contributed by atoms with Crippen molar-refractivity contribution in [1.82, 2.24) is 0 Å². The van der Waals surface area contributed by atoms with E-state index in [-0.39, 0.29) is 0 Å². The van der Waals surface area contributed by atoms with Gasteiger partial charge in [-0.05, 0) is 11.4 Å². The van der Waals surface area contributed by atoms with E-state index in [0.717, 1.165) is 5.69 Å². The Bertz CT molecular complexity index is 124. The van der Waals surface area contributed by atoms with Crippen LogP contribution < -0.4 is 11.3 Å². The van der Waals surface area contributed by atoms with Crippen LogP contribution in [-0.4, -0.2) is 0 Å². The van der Waals surface area contributed by atoms with Crippen LogP contribution in [-0.2, 0) is 0 Å². The third-order valence-electron chi connectivity index (χ3n) is 0.688. The second kappa shape index (κ2) is 1.95. The molecule has 0 aliphatic heterocycles. The van der Waals surface area contributed by atoms with Crippen molar-refractivity contribution in [2.45, 2.75) is 0 Å². The van der Waals surface area contributed by atoms with E-state index >= 15 is 0 Å². The first-order valence-electron chi connectivity index (χ1n) is 1.92. The molecule has 0 aliphatic carbocycles. The molecule has 0 radical (unpaired) electrons. The molecule has 7 heavy (non-hydrogen) atoms. The lowest BCUT2D eigenvalue weighted by atomic mass is 10.6. The number of thiophene rings is 1. The van der Waals surface area contributed by atoms with E-state index in [9.17, 15) is 0 Å². The summed E-state index contributed by atoms with van der Waals surface area (Å²) in [5, 5.41) is 3.91. The third kappa shape index (κ3) is 0.913. The lowest BCUT2D eigenvalue weighted by Gasteiger charge is -1.86. The van der Waals surface area contributed by atoms with Gasteiger partial charge in [-0.25, -0.2) is 0 Å². The van der Waals surface area contributed by atoms with Gasteiger partial charge in [0.2, 0.25) is 0 Å². The summed E-state index contributed by atoms with van der Waals surface area (Å²) in [6.45, 7) is 0. The molecule has 0 saturated carbocycles. The van der Waals surface area contributed by atoms with Crippen LogP contribution >= 0.6 is 11.3 Å². The van der Waals surface area contributed by atoms with Crippen LogP contribution in [0.2, 0.25) is 0 Å². The van der Waals surface area contributed by atoms with Gasteiger partial charge in [0.15, 0.2) is 0 Å². The van der Waals surface area contributed by atoms with Gasteiger partial charge in [0.05, 0.1) is 5.69 Å². The number of hydrogen-bond acceptors (Lipinski definition) is 3. The predicted molar refractivity (Wildman–Crippen MR) is 32.1 cm³/mol. The summed E-state index contributed by atoms with van der Waals surface area (Å²) in [5.41, 5.74) is 3.49. The zero-order valence-electron chi connectivity index (χ0n) is 3.72. The molecule has 38 valence electrons. The molecule has 0 bridgehead atoms. The number of rotatable bonds is 1. The summed E-state index contributed by atoms with van der Waals surface area (Å²) in [4.78, 5) is 0. The molecule has 0 saturated heterocycles. The summed E-state index contributed by atoms with van der Waals surface area (Å²) in [6.07, 6.45) is 0. The van der Waals surface area contributed by atoms with E-state index < -0.39 is 0 Å². The smallest absolute Gasteiger partial charge is 0.0591 e. The van der Waals surface area contributed by atoms with Gasteiger partial charge in [-0.2, -0.15) is 11.3 Å². The van der Waals surface area contributed by atoms with Crippen molar-refractivity contribution in [3.8, 4) is 0 Å². The monoisotopic (exact) mass is 114 g/mol. The lowest BCUT2D eigenvalue weighted by molar-refractivity contribution is 1.37. The van der Waals surface area contributed by atoms with E-state index in [2.05, 4.69) is 5.43 Å². The molecule has 1 aromatic heterocycles. The topological polar surface area (TPSA) is 38.0 Å². The van der Waals surface area contributed by atoms with Crippen molar-refractivity contribution in [2.24, 2.45) is 5.84 Å². The largest absolute Gasteiger partial charge is 0.323 e. The number of nitrogens with two attached hydrogens (primary N) is 1. The van der Waals surface area contributed by atoms with Crippen LogP contribution in [0.1, 0.15) is 0 Å². The Morgan fingerprint density at radius 1 is 1.71 bits per heavy atom. The molecule has 0 aliphatic rings. The molecule has 0 amide bonds. The highest BCUT2D eigenvalue weighted by Crippen LogP contribution is 2.08. The van der Waals surface area contributed by atoms with Gasteiger partial charge in [0, 0.05) is 5.38 Å².